The Morgan fingerprint density at radius 3 is 2.72 bits per heavy atom. The molecule has 0 unspecified atom stereocenters. The van der Waals surface area contributed by atoms with Crippen molar-refractivity contribution in [3.05, 3.63) is 93.4 Å². The largest absolute Gasteiger partial charge is 0.346 e. The fourth-order valence-electron chi connectivity index (χ4n) is 3.88. The minimum Gasteiger partial charge on any atom is -0.346 e. The van der Waals surface area contributed by atoms with Crippen LogP contribution in [-0.2, 0) is 11.3 Å². The summed E-state index contributed by atoms with van der Waals surface area (Å²) in [6, 6.07) is 19.0. The van der Waals surface area contributed by atoms with Crippen LogP contribution in [0.4, 0.5) is 5.69 Å². The first-order chi connectivity index (χ1) is 15.6. The van der Waals surface area contributed by atoms with Crippen molar-refractivity contribution in [3.8, 4) is 0 Å². The SMILES string of the molecule is O=C(NCc1nccs1)c1ccc([C@@H]2C[C@H]2C(=O)Nc2ccc3cccc(Cl)c3c2)cc1. The van der Waals surface area contributed by atoms with Gasteiger partial charge >= 0.3 is 0 Å². The van der Waals surface area contributed by atoms with Crippen LogP contribution in [0.25, 0.3) is 10.8 Å². The fraction of sp³-hybridized carbons (Fsp3) is 0.160. The molecule has 32 heavy (non-hydrogen) atoms. The number of carbonyl (C=O) groups is 2. The van der Waals surface area contributed by atoms with Crippen LogP contribution in [0.15, 0.2) is 72.2 Å². The lowest BCUT2D eigenvalue weighted by atomic mass is 10.1. The molecule has 7 heteroatoms. The molecule has 2 amide bonds. The summed E-state index contributed by atoms with van der Waals surface area (Å²) in [5.74, 6) is -0.0218. The molecule has 0 bridgehead atoms. The Bertz CT molecular complexity index is 1290. The highest BCUT2D eigenvalue weighted by atomic mass is 35.5. The van der Waals surface area contributed by atoms with Crippen LogP contribution in [-0.4, -0.2) is 16.8 Å². The van der Waals surface area contributed by atoms with Gasteiger partial charge in [-0.3, -0.25) is 9.59 Å². The third-order valence-electron chi connectivity index (χ3n) is 5.71. The number of aromatic nitrogens is 1. The maximum absolute atomic E-state index is 12.7. The number of halogens is 1. The van der Waals surface area contributed by atoms with E-state index in [4.69, 9.17) is 11.6 Å². The minimum absolute atomic E-state index is 0.00618. The number of amides is 2. The van der Waals surface area contributed by atoms with Crippen LogP contribution < -0.4 is 10.6 Å². The van der Waals surface area contributed by atoms with E-state index >= 15 is 0 Å². The first kappa shape index (κ1) is 20.7. The van der Waals surface area contributed by atoms with Crippen LogP contribution >= 0.6 is 22.9 Å². The number of thiazole rings is 1. The molecule has 1 aromatic heterocycles. The topological polar surface area (TPSA) is 71.1 Å². The zero-order valence-corrected chi connectivity index (χ0v) is 18.6. The van der Waals surface area contributed by atoms with Crippen molar-refractivity contribution in [2.75, 3.05) is 5.32 Å². The van der Waals surface area contributed by atoms with Gasteiger partial charge in [-0.1, -0.05) is 41.9 Å². The molecule has 1 saturated carbocycles. The Hall–Kier alpha value is -3.22. The number of benzene rings is 3. The molecule has 5 rings (SSSR count). The van der Waals surface area contributed by atoms with Gasteiger partial charge in [0, 0.05) is 39.2 Å². The molecule has 0 spiro atoms. The van der Waals surface area contributed by atoms with Crippen molar-refractivity contribution in [2.45, 2.75) is 18.9 Å². The Balaban J connectivity index is 1.19. The highest BCUT2D eigenvalue weighted by molar-refractivity contribution is 7.09. The van der Waals surface area contributed by atoms with Gasteiger partial charge in [0.2, 0.25) is 5.91 Å². The van der Waals surface area contributed by atoms with Crippen LogP contribution in [0.2, 0.25) is 5.02 Å². The van der Waals surface area contributed by atoms with Crippen molar-refractivity contribution in [1.82, 2.24) is 10.3 Å². The second-order valence-electron chi connectivity index (χ2n) is 7.84. The van der Waals surface area contributed by atoms with Gasteiger partial charge in [0.25, 0.3) is 5.91 Å². The lowest BCUT2D eigenvalue weighted by Crippen LogP contribution is -2.22. The van der Waals surface area contributed by atoms with Gasteiger partial charge < -0.3 is 10.6 Å². The second kappa shape index (κ2) is 8.73. The van der Waals surface area contributed by atoms with E-state index in [-0.39, 0.29) is 23.7 Å². The van der Waals surface area contributed by atoms with E-state index in [1.54, 1.807) is 6.20 Å². The van der Waals surface area contributed by atoms with Crippen molar-refractivity contribution in [3.63, 3.8) is 0 Å². The van der Waals surface area contributed by atoms with Crippen LogP contribution in [0.1, 0.15) is 33.3 Å². The molecule has 5 nitrogen and oxygen atoms in total. The number of fused-ring (bicyclic) bond motifs is 1. The average molecular weight is 462 g/mol. The molecule has 1 aliphatic rings. The number of hydrogen-bond acceptors (Lipinski definition) is 4. The lowest BCUT2D eigenvalue weighted by Gasteiger charge is -2.08. The summed E-state index contributed by atoms with van der Waals surface area (Å²) in [4.78, 5) is 29.2. The molecular weight excluding hydrogens is 442 g/mol. The lowest BCUT2D eigenvalue weighted by molar-refractivity contribution is -0.117. The van der Waals surface area contributed by atoms with E-state index in [1.807, 2.05) is 66.0 Å². The zero-order valence-electron chi connectivity index (χ0n) is 17.0. The first-order valence-corrected chi connectivity index (χ1v) is 11.6. The highest BCUT2D eigenvalue weighted by Crippen LogP contribution is 2.48. The Kier molecular flexibility index (Phi) is 5.64. The molecule has 1 aliphatic carbocycles. The van der Waals surface area contributed by atoms with E-state index in [2.05, 4.69) is 15.6 Å². The van der Waals surface area contributed by atoms with Gasteiger partial charge in [0.1, 0.15) is 5.01 Å². The summed E-state index contributed by atoms with van der Waals surface area (Å²) < 4.78 is 0. The molecule has 0 radical (unpaired) electrons. The number of anilines is 1. The molecule has 1 fully saturated rings. The normalized spacial score (nSPS) is 17.2. The maximum atomic E-state index is 12.7. The quantitative estimate of drug-likeness (QED) is 0.391. The number of carbonyl (C=O) groups excluding carboxylic acids is 2. The number of nitrogens with one attached hydrogen (secondary N) is 2. The summed E-state index contributed by atoms with van der Waals surface area (Å²) in [7, 11) is 0. The van der Waals surface area contributed by atoms with Gasteiger partial charge in [0.05, 0.1) is 6.54 Å². The van der Waals surface area contributed by atoms with E-state index in [0.29, 0.717) is 17.1 Å². The Labute approximate surface area is 194 Å². The molecule has 0 saturated heterocycles. The number of rotatable bonds is 6. The van der Waals surface area contributed by atoms with Gasteiger partial charge in [-0.25, -0.2) is 4.98 Å². The summed E-state index contributed by atoms with van der Waals surface area (Å²) in [6.07, 6.45) is 2.52. The molecular formula is C25H20ClN3O2S. The fourth-order valence-corrected chi connectivity index (χ4v) is 4.67. The van der Waals surface area contributed by atoms with Gasteiger partial charge in [0.15, 0.2) is 0 Å². The van der Waals surface area contributed by atoms with E-state index in [0.717, 1.165) is 33.5 Å². The number of nitrogens with zero attached hydrogens (tertiary/aromatic N) is 1. The first-order valence-electron chi connectivity index (χ1n) is 10.3. The average Bonchev–Trinajstić information content (AvgIpc) is 3.45. The maximum Gasteiger partial charge on any atom is 0.251 e. The summed E-state index contributed by atoms with van der Waals surface area (Å²) in [5, 5.41) is 11.3. The van der Waals surface area contributed by atoms with Crippen molar-refractivity contribution >= 4 is 51.2 Å². The molecule has 4 aromatic rings. The predicted molar refractivity (Wildman–Crippen MR) is 128 cm³/mol. The van der Waals surface area contributed by atoms with Crippen LogP contribution in [0.3, 0.4) is 0 Å². The molecule has 0 aliphatic heterocycles. The molecule has 160 valence electrons. The third kappa shape index (κ3) is 4.38. The predicted octanol–water partition coefficient (Wildman–Crippen LogP) is 5.62. The molecule has 3 aromatic carbocycles. The van der Waals surface area contributed by atoms with E-state index in [9.17, 15) is 9.59 Å². The minimum atomic E-state index is -0.133. The number of hydrogen-bond donors (Lipinski definition) is 2. The second-order valence-corrected chi connectivity index (χ2v) is 9.23. The third-order valence-corrected chi connectivity index (χ3v) is 6.82. The monoisotopic (exact) mass is 461 g/mol. The summed E-state index contributed by atoms with van der Waals surface area (Å²) >= 11 is 7.79. The van der Waals surface area contributed by atoms with Crippen molar-refractivity contribution < 1.29 is 9.59 Å². The van der Waals surface area contributed by atoms with Crippen LogP contribution in [0, 0.1) is 5.92 Å². The Morgan fingerprint density at radius 1 is 1.09 bits per heavy atom. The highest BCUT2D eigenvalue weighted by Gasteiger charge is 2.43. The van der Waals surface area contributed by atoms with Crippen LogP contribution in [0.5, 0.6) is 0 Å². The van der Waals surface area contributed by atoms with E-state index in [1.165, 1.54) is 11.3 Å². The summed E-state index contributed by atoms with van der Waals surface area (Å²) in [6.45, 7) is 0.420. The van der Waals surface area contributed by atoms with Gasteiger partial charge in [-0.05, 0) is 53.6 Å². The van der Waals surface area contributed by atoms with Gasteiger partial charge in [-0.15, -0.1) is 11.3 Å². The molecule has 2 atom stereocenters. The van der Waals surface area contributed by atoms with Gasteiger partial charge in [-0.2, -0.15) is 0 Å². The van der Waals surface area contributed by atoms with Crippen molar-refractivity contribution in [1.29, 1.82) is 0 Å². The van der Waals surface area contributed by atoms with Crippen molar-refractivity contribution in [2.24, 2.45) is 5.92 Å². The molecule has 1 heterocycles. The molecule has 2 N–H and O–H groups in total. The van der Waals surface area contributed by atoms with E-state index < -0.39 is 0 Å². The zero-order chi connectivity index (χ0) is 22.1. The smallest absolute Gasteiger partial charge is 0.251 e. The Morgan fingerprint density at radius 2 is 1.94 bits per heavy atom. The standard InChI is InChI=1S/C25H20ClN3O2S/c26-22-3-1-2-15-8-9-18(12-20(15)22)29-25(31)21-13-19(21)16-4-6-17(7-5-16)24(30)28-14-23-27-10-11-32-23/h1-12,19,21H,13-14H2,(H,28,30)(H,29,31)/t19-,21+/m0/s1. The summed E-state index contributed by atoms with van der Waals surface area (Å²) in [5.41, 5.74) is 2.41.